The number of amides is 1. The average molecular weight is 193 g/mol. The summed E-state index contributed by atoms with van der Waals surface area (Å²) in [5.41, 5.74) is 0. The van der Waals surface area contributed by atoms with Crippen molar-refractivity contribution in [3.8, 4) is 0 Å². The van der Waals surface area contributed by atoms with Crippen molar-refractivity contribution < 1.29 is 13.2 Å². The van der Waals surface area contributed by atoms with E-state index in [-0.39, 0.29) is 0 Å². The van der Waals surface area contributed by atoms with Gasteiger partial charge in [0.2, 0.25) is 6.41 Å². The van der Waals surface area contributed by atoms with E-state index in [1.165, 1.54) is 4.90 Å². The Morgan fingerprint density at radius 2 is 1.50 bits per heavy atom. The van der Waals surface area contributed by atoms with E-state index in [1.54, 1.807) is 14.1 Å². The third-order valence-electron chi connectivity index (χ3n) is 1.37. The number of hydrogen-bond acceptors (Lipinski definition) is 3. The maximum Gasteiger partial charge on any atom is 0.209 e. The van der Waals surface area contributed by atoms with Gasteiger partial charge in [-0.15, -0.1) is 0 Å². The minimum Gasteiger partial charge on any atom is -0.351 e. The minimum atomic E-state index is -2.55. The zero-order chi connectivity index (χ0) is 9.61. The fourth-order valence-corrected chi connectivity index (χ4v) is 2.24. The molecule has 0 N–H and O–H groups in total. The zero-order valence-corrected chi connectivity index (χ0v) is 8.30. The molecular formula is C7H15NO3S. The van der Waals surface area contributed by atoms with E-state index in [1.807, 2.05) is 0 Å². The van der Waals surface area contributed by atoms with Crippen molar-refractivity contribution in [2.45, 2.75) is 12.8 Å². The predicted octanol–water partition coefficient (Wildman–Crippen LogP) is -0.101. The molecule has 1 aliphatic rings. The summed E-state index contributed by atoms with van der Waals surface area (Å²) in [6, 6.07) is 0. The zero-order valence-electron chi connectivity index (χ0n) is 7.49. The van der Waals surface area contributed by atoms with Gasteiger partial charge in [0.05, 0.1) is 11.5 Å². The second-order valence-corrected chi connectivity index (χ2v) is 5.23. The Morgan fingerprint density at radius 1 is 1.17 bits per heavy atom. The van der Waals surface area contributed by atoms with E-state index in [0.717, 1.165) is 19.3 Å². The SMILES string of the molecule is CN(C)C=O.O=S1(=O)CCCC1. The summed E-state index contributed by atoms with van der Waals surface area (Å²) in [5, 5.41) is 0. The summed E-state index contributed by atoms with van der Waals surface area (Å²) in [6.45, 7) is 0. The summed E-state index contributed by atoms with van der Waals surface area (Å²) in [7, 11) is 0.829. The summed E-state index contributed by atoms with van der Waals surface area (Å²) < 4.78 is 20.9. The van der Waals surface area contributed by atoms with Crippen LogP contribution >= 0.6 is 0 Å². The lowest BCUT2D eigenvalue weighted by Crippen LogP contribution is -2.06. The molecule has 72 valence electrons. The summed E-state index contributed by atoms with van der Waals surface area (Å²) in [4.78, 5) is 10.9. The molecule has 0 radical (unpaired) electrons. The molecule has 0 aromatic heterocycles. The Balaban J connectivity index is 0.000000217. The second kappa shape index (κ2) is 5.13. The van der Waals surface area contributed by atoms with E-state index in [4.69, 9.17) is 0 Å². The van der Waals surface area contributed by atoms with E-state index in [2.05, 4.69) is 0 Å². The van der Waals surface area contributed by atoms with Gasteiger partial charge in [0.1, 0.15) is 9.84 Å². The number of carbonyl (C=O) groups is 1. The molecule has 0 spiro atoms. The van der Waals surface area contributed by atoms with Crippen LogP contribution in [0.3, 0.4) is 0 Å². The van der Waals surface area contributed by atoms with E-state index < -0.39 is 9.84 Å². The summed E-state index contributed by atoms with van der Waals surface area (Å²) >= 11 is 0. The fraction of sp³-hybridized carbons (Fsp3) is 0.857. The first-order chi connectivity index (χ1) is 5.48. The third kappa shape index (κ3) is 6.15. The number of rotatable bonds is 1. The molecular weight excluding hydrogens is 178 g/mol. The molecule has 4 nitrogen and oxygen atoms in total. The van der Waals surface area contributed by atoms with Crippen molar-refractivity contribution in [3.05, 3.63) is 0 Å². The Kier molecular flexibility index (Phi) is 4.89. The Labute approximate surface area is 73.5 Å². The van der Waals surface area contributed by atoms with Crippen molar-refractivity contribution in [2.24, 2.45) is 0 Å². The summed E-state index contributed by atoms with van der Waals surface area (Å²) in [6.07, 6.45) is 2.50. The Hall–Kier alpha value is -0.580. The third-order valence-corrected chi connectivity index (χ3v) is 3.19. The van der Waals surface area contributed by atoms with Gasteiger partial charge in [0, 0.05) is 14.1 Å². The molecule has 5 heteroatoms. The van der Waals surface area contributed by atoms with Crippen LogP contribution in [0.5, 0.6) is 0 Å². The quantitative estimate of drug-likeness (QED) is 0.546. The molecule has 0 bridgehead atoms. The monoisotopic (exact) mass is 193 g/mol. The van der Waals surface area contributed by atoms with Crippen molar-refractivity contribution in [1.82, 2.24) is 4.90 Å². The molecule has 12 heavy (non-hydrogen) atoms. The molecule has 1 aliphatic heterocycles. The number of sulfone groups is 1. The minimum absolute atomic E-state index is 0.424. The first-order valence-corrected chi connectivity index (χ1v) is 5.62. The number of hydrogen-bond donors (Lipinski definition) is 0. The predicted molar refractivity (Wildman–Crippen MR) is 47.6 cm³/mol. The molecule has 0 aliphatic carbocycles. The van der Waals surface area contributed by atoms with E-state index in [9.17, 15) is 13.2 Å². The highest BCUT2D eigenvalue weighted by molar-refractivity contribution is 7.91. The van der Waals surface area contributed by atoms with Crippen LogP contribution in [0, 0.1) is 0 Å². The maximum atomic E-state index is 10.4. The van der Waals surface area contributed by atoms with Crippen molar-refractivity contribution >= 4 is 16.2 Å². The van der Waals surface area contributed by atoms with Crippen LogP contribution in [0.15, 0.2) is 0 Å². The second-order valence-electron chi connectivity index (χ2n) is 2.93. The largest absolute Gasteiger partial charge is 0.351 e. The van der Waals surface area contributed by atoms with Crippen molar-refractivity contribution in [2.75, 3.05) is 25.6 Å². The molecule has 1 amide bonds. The maximum absolute atomic E-state index is 10.4. The lowest BCUT2D eigenvalue weighted by molar-refractivity contribution is -0.115. The van der Waals surface area contributed by atoms with Gasteiger partial charge in [0.25, 0.3) is 0 Å². The van der Waals surface area contributed by atoms with Crippen LogP contribution < -0.4 is 0 Å². The molecule has 0 saturated carbocycles. The van der Waals surface area contributed by atoms with Crippen LogP contribution in [-0.2, 0) is 14.6 Å². The van der Waals surface area contributed by atoms with E-state index >= 15 is 0 Å². The molecule has 1 rings (SSSR count). The van der Waals surface area contributed by atoms with Gasteiger partial charge in [-0.2, -0.15) is 0 Å². The fourth-order valence-electron chi connectivity index (χ4n) is 0.746. The first kappa shape index (κ1) is 11.4. The van der Waals surface area contributed by atoms with Gasteiger partial charge in [-0.05, 0) is 12.8 Å². The molecule has 0 atom stereocenters. The van der Waals surface area contributed by atoms with Crippen molar-refractivity contribution in [3.63, 3.8) is 0 Å². The first-order valence-electron chi connectivity index (χ1n) is 3.80. The molecule has 1 heterocycles. The molecule has 0 aromatic carbocycles. The Morgan fingerprint density at radius 3 is 1.58 bits per heavy atom. The average Bonchev–Trinajstić information content (AvgIpc) is 2.35. The smallest absolute Gasteiger partial charge is 0.209 e. The van der Waals surface area contributed by atoms with Gasteiger partial charge in [-0.25, -0.2) is 8.42 Å². The highest BCUT2D eigenvalue weighted by Gasteiger charge is 2.16. The lowest BCUT2D eigenvalue weighted by Gasteiger charge is -1.93. The van der Waals surface area contributed by atoms with Crippen LogP contribution in [0.25, 0.3) is 0 Å². The normalized spacial score (nSPS) is 19.2. The van der Waals surface area contributed by atoms with Gasteiger partial charge in [0.15, 0.2) is 0 Å². The Bertz CT molecular complexity index is 209. The van der Waals surface area contributed by atoms with Crippen LogP contribution in [0.1, 0.15) is 12.8 Å². The standard InChI is InChI=1S/C4H8O2S.C3H7NO/c5-7(6)3-1-2-4-7;1-4(2)3-5/h1-4H2;3H,1-2H3. The number of carbonyl (C=O) groups excluding carboxylic acids is 1. The summed E-state index contributed by atoms with van der Waals surface area (Å²) in [5.74, 6) is 0.847. The van der Waals surface area contributed by atoms with Crippen LogP contribution in [0.4, 0.5) is 0 Å². The lowest BCUT2D eigenvalue weighted by atomic mass is 10.4. The topological polar surface area (TPSA) is 54.5 Å². The number of nitrogens with zero attached hydrogens (tertiary/aromatic N) is 1. The highest BCUT2D eigenvalue weighted by atomic mass is 32.2. The van der Waals surface area contributed by atoms with Gasteiger partial charge in [-0.3, -0.25) is 4.79 Å². The molecule has 1 saturated heterocycles. The van der Waals surface area contributed by atoms with Gasteiger partial charge in [-0.1, -0.05) is 0 Å². The molecule has 0 unspecified atom stereocenters. The molecule has 0 aromatic rings. The van der Waals surface area contributed by atoms with Crippen LogP contribution in [0.2, 0.25) is 0 Å². The highest BCUT2D eigenvalue weighted by Crippen LogP contribution is 2.08. The van der Waals surface area contributed by atoms with Crippen LogP contribution in [-0.4, -0.2) is 45.3 Å². The van der Waals surface area contributed by atoms with Gasteiger partial charge >= 0.3 is 0 Å². The van der Waals surface area contributed by atoms with Gasteiger partial charge < -0.3 is 4.90 Å². The van der Waals surface area contributed by atoms with Crippen molar-refractivity contribution in [1.29, 1.82) is 0 Å². The van der Waals surface area contributed by atoms with E-state index in [0.29, 0.717) is 11.5 Å². The molecule has 1 fully saturated rings.